The minimum absolute atomic E-state index is 0.00349. The number of hydrogen-bond acceptors (Lipinski definition) is 5. The topological polar surface area (TPSA) is 63.3 Å². The van der Waals surface area contributed by atoms with Crippen molar-refractivity contribution in [3.8, 4) is 5.75 Å². The lowest BCUT2D eigenvalue weighted by Gasteiger charge is -2.03. The van der Waals surface area contributed by atoms with Crippen molar-refractivity contribution in [1.29, 1.82) is 0 Å². The number of aromatic hydroxyl groups is 1. The number of benzene rings is 2. The molecule has 0 aliphatic rings. The lowest BCUT2D eigenvalue weighted by atomic mass is 10.1. The van der Waals surface area contributed by atoms with E-state index in [-0.39, 0.29) is 17.3 Å². The normalized spacial score (nSPS) is 10.9. The van der Waals surface area contributed by atoms with E-state index in [1.54, 1.807) is 12.1 Å². The van der Waals surface area contributed by atoms with Crippen LogP contribution in [0.2, 0.25) is 0 Å². The van der Waals surface area contributed by atoms with Gasteiger partial charge in [-0.1, -0.05) is 35.5 Å². The zero-order valence-electron chi connectivity index (χ0n) is 11.4. The number of carbonyl (C=O) groups excluding carboxylic acids is 1. The van der Waals surface area contributed by atoms with Crippen LogP contribution in [0.25, 0.3) is 11.1 Å². The van der Waals surface area contributed by atoms with Crippen LogP contribution >= 0.6 is 11.8 Å². The van der Waals surface area contributed by atoms with Crippen LogP contribution in [-0.4, -0.2) is 21.6 Å². The first kappa shape index (κ1) is 13.7. The number of ketones is 1. The molecule has 0 amide bonds. The first-order chi connectivity index (χ1) is 10.1. The smallest absolute Gasteiger partial charge is 0.257 e. The molecule has 0 aliphatic carbocycles. The Kier molecular flexibility index (Phi) is 3.66. The van der Waals surface area contributed by atoms with Gasteiger partial charge in [0.25, 0.3) is 5.22 Å². The number of phenolic OH excluding ortho intramolecular Hbond substituents is 1. The number of carbonyl (C=O) groups is 1. The van der Waals surface area contributed by atoms with Crippen molar-refractivity contribution in [1.82, 2.24) is 4.98 Å². The predicted molar refractivity (Wildman–Crippen MR) is 81.9 cm³/mol. The van der Waals surface area contributed by atoms with Crippen LogP contribution in [0.15, 0.2) is 52.1 Å². The van der Waals surface area contributed by atoms with Gasteiger partial charge in [-0.2, -0.15) is 0 Å². The van der Waals surface area contributed by atoms with Gasteiger partial charge in [0.15, 0.2) is 11.4 Å². The fraction of sp³-hybridized carbons (Fsp3) is 0.125. The van der Waals surface area contributed by atoms with E-state index < -0.39 is 0 Å². The van der Waals surface area contributed by atoms with Gasteiger partial charge < -0.3 is 9.52 Å². The highest BCUT2D eigenvalue weighted by Gasteiger charge is 2.14. The molecule has 0 atom stereocenters. The number of oxazole rings is 1. The maximum atomic E-state index is 12.2. The Hall–Kier alpha value is -2.27. The van der Waals surface area contributed by atoms with Crippen LogP contribution in [0.1, 0.15) is 15.9 Å². The monoisotopic (exact) mass is 299 g/mol. The van der Waals surface area contributed by atoms with Crippen LogP contribution in [-0.2, 0) is 0 Å². The molecule has 1 aromatic heterocycles. The van der Waals surface area contributed by atoms with E-state index >= 15 is 0 Å². The largest absolute Gasteiger partial charge is 0.507 e. The summed E-state index contributed by atoms with van der Waals surface area (Å²) in [7, 11) is 0. The first-order valence-corrected chi connectivity index (χ1v) is 7.43. The second kappa shape index (κ2) is 5.61. The molecular weight excluding hydrogens is 286 g/mol. The molecule has 0 spiro atoms. The van der Waals surface area contributed by atoms with Gasteiger partial charge >= 0.3 is 0 Å². The lowest BCUT2D eigenvalue weighted by molar-refractivity contribution is 0.101. The standard InChI is InChI=1S/C16H13NO3S/c1-10-6-7-13(18)11(8-10)14(19)9-21-16-17-12-4-2-3-5-15(12)20-16/h2-8,18H,9H2,1H3. The summed E-state index contributed by atoms with van der Waals surface area (Å²) < 4.78 is 5.55. The highest BCUT2D eigenvalue weighted by atomic mass is 32.2. The zero-order valence-corrected chi connectivity index (χ0v) is 12.2. The van der Waals surface area contributed by atoms with Crippen molar-refractivity contribution in [3.05, 3.63) is 53.6 Å². The molecule has 2 aromatic carbocycles. The average Bonchev–Trinajstić information content (AvgIpc) is 2.90. The maximum Gasteiger partial charge on any atom is 0.257 e. The molecule has 5 heteroatoms. The third-order valence-corrected chi connectivity index (χ3v) is 3.88. The van der Waals surface area contributed by atoms with Crippen LogP contribution in [0.4, 0.5) is 0 Å². The lowest BCUT2D eigenvalue weighted by Crippen LogP contribution is -2.03. The molecule has 0 unspecified atom stereocenters. The van der Waals surface area contributed by atoms with Crippen molar-refractivity contribution < 1.29 is 14.3 Å². The number of fused-ring (bicyclic) bond motifs is 1. The highest BCUT2D eigenvalue weighted by Crippen LogP contribution is 2.26. The van der Waals surface area contributed by atoms with Gasteiger partial charge in [-0.3, -0.25) is 4.79 Å². The quantitative estimate of drug-likeness (QED) is 0.586. The Morgan fingerprint density at radius 3 is 2.90 bits per heavy atom. The van der Waals surface area contributed by atoms with Crippen LogP contribution in [0.5, 0.6) is 5.75 Å². The molecule has 0 radical (unpaired) electrons. The van der Waals surface area contributed by atoms with Gasteiger partial charge in [-0.05, 0) is 31.2 Å². The Labute approximate surface area is 125 Å². The number of rotatable bonds is 4. The summed E-state index contributed by atoms with van der Waals surface area (Å²) in [6, 6.07) is 12.4. The SMILES string of the molecule is Cc1ccc(O)c(C(=O)CSc2nc3ccccc3o2)c1. The molecule has 106 valence electrons. The van der Waals surface area contributed by atoms with Gasteiger partial charge in [0.1, 0.15) is 11.3 Å². The molecule has 1 heterocycles. The summed E-state index contributed by atoms with van der Waals surface area (Å²) in [5.74, 6) is 0.0244. The van der Waals surface area contributed by atoms with Gasteiger partial charge in [0.05, 0.1) is 11.3 Å². The second-order valence-corrected chi connectivity index (χ2v) is 5.61. The van der Waals surface area contributed by atoms with E-state index in [4.69, 9.17) is 4.42 Å². The molecule has 3 rings (SSSR count). The van der Waals surface area contributed by atoms with Gasteiger partial charge in [0.2, 0.25) is 0 Å². The molecule has 0 aliphatic heterocycles. The van der Waals surface area contributed by atoms with Crippen molar-refractivity contribution in [2.75, 3.05) is 5.75 Å². The summed E-state index contributed by atoms with van der Waals surface area (Å²) in [4.78, 5) is 16.5. The number of phenols is 1. The number of para-hydroxylation sites is 2. The highest BCUT2D eigenvalue weighted by molar-refractivity contribution is 7.99. The number of nitrogens with zero attached hydrogens (tertiary/aromatic N) is 1. The van der Waals surface area contributed by atoms with Crippen molar-refractivity contribution in [2.45, 2.75) is 12.1 Å². The molecule has 4 nitrogen and oxygen atoms in total. The van der Waals surface area contributed by atoms with E-state index in [9.17, 15) is 9.90 Å². The summed E-state index contributed by atoms with van der Waals surface area (Å²) in [6.07, 6.45) is 0. The summed E-state index contributed by atoms with van der Waals surface area (Å²) in [6.45, 7) is 1.88. The third-order valence-electron chi connectivity index (χ3n) is 3.05. The van der Waals surface area contributed by atoms with E-state index in [1.165, 1.54) is 17.8 Å². The molecule has 0 bridgehead atoms. The van der Waals surface area contributed by atoms with E-state index in [0.29, 0.717) is 16.4 Å². The van der Waals surface area contributed by atoms with Crippen molar-refractivity contribution >= 4 is 28.6 Å². The summed E-state index contributed by atoms with van der Waals surface area (Å²) >= 11 is 1.23. The van der Waals surface area contributed by atoms with E-state index in [0.717, 1.165) is 11.1 Å². The summed E-state index contributed by atoms with van der Waals surface area (Å²) in [5.41, 5.74) is 2.73. The molecule has 1 N–H and O–H groups in total. The number of hydrogen-bond donors (Lipinski definition) is 1. The van der Waals surface area contributed by atoms with Gasteiger partial charge in [-0.15, -0.1) is 0 Å². The number of Topliss-reactive ketones (excluding diaryl/α,β-unsaturated/α-hetero) is 1. The van der Waals surface area contributed by atoms with Gasteiger partial charge in [-0.25, -0.2) is 4.98 Å². The molecular formula is C16H13NO3S. The Bertz CT molecular complexity index is 777. The summed E-state index contributed by atoms with van der Waals surface area (Å²) in [5, 5.41) is 10.2. The van der Waals surface area contributed by atoms with Crippen molar-refractivity contribution in [3.63, 3.8) is 0 Å². The first-order valence-electron chi connectivity index (χ1n) is 6.44. The average molecular weight is 299 g/mol. The number of thioether (sulfide) groups is 1. The molecule has 0 saturated heterocycles. The van der Waals surface area contributed by atoms with Crippen LogP contribution in [0.3, 0.4) is 0 Å². The Morgan fingerprint density at radius 1 is 1.29 bits per heavy atom. The predicted octanol–water partition coefficient (Wildman–Crippen LogP) is 3.82. The fourth-order valence-corrected chi connectivity index (χ4v) is 2.71. The van der Waals surface area contributed by atoms with Gasteiger partial charge in [0, 0.05) is 0 Å². The van der Waals surface area contributed by atoms with Crippen molar-refractivity contribution in [2.24, 2.45) is 0 Å². The number of aryl methyl sites for hydroxylation is 1. The second-order valence-electron chi connectivity index (χ2n) is 4.68. The Morgan fingerprint density at radius 2 is 2.10 bits per heavy atom. The van der Waals surface area contributed by atoms with Crippen LogP contribution < -0.4 is 0 Å². The minimum atomic E-state index is -0.150. The molecule has 21 heavy (non-hydrogen) atoms. The minimum Gasteiger partial charge on any atom is -0.507 e. The molecule has 0 saturated carbocycles. The number of aromatic nitrogens is 1. The molecule has 3 aromatic rings. The maximum absolute atomic E-state index is 12.2. The van der Waals surface area contributed by atoms with E-state index in [1.807, 2.05) is 31.2 Å². The fourth-order valence-electron chi connectivity index (χ4n) is 1.99. The Balaban J connectivity index is 1.74. The molecule has 0 fully saturated rings. The van der Waals surface area contributed by atoms with E-state index in [2.05, 4.69) is 4.98 Å². The third kappa shape index (κ3) is 2.92. The van der Waals surface area contributed by atoms with Crippen LogP contribution in [0, 0.1) is 6.92 Å². The zero-order chi connectivity index (χ0) is 14.8.